The molecule has 1 aromatic rings. The van der Waals surface area contributed by atoms with E-state index in [-0.39, 0.29) is 12.1 Å². The van der Waals surface area contributed by atoms with E-state index in [0.29, 0.717) is 0 Å². The van der Waals surface area contributed by atoms with Crippen LogP contribution in [0.4, 0.5) is 0 Å². The van der Waals surface area contributed by atoms with Crippen molar-refractivity contribution in [3.05, 3.63) is 28.3 Å². The van der Waals surface area contributed by atoms with Crippen LogP contribution in [0.1, 0.15) is 30.5 Å². The number of rotatable bonds is 1. The molecule has 2 atom stereocenters. The van der Waals surface area contributed by atoms with Crippen LogP contribution < -0.4 is 10.5 Å². The van der Waals surface area contributed by atoms with Gasteiger partial charge >= 0.3 is 0 Å². The van der Waals surface area contributed by atoms with Crippen LogP contribution in [0.2, 0.25) is 5.02 Å². The van der Waals surface area contributed by atoms with Crippen LogP contribution in [0.3, 0.4) is 0 Å². The first-order chi connectivity index (χ1) is 6.63. The summed E-state index contributed by atoms with van der Waals surface area (Å²) in [5.41, 5.74) is 8.17. The first kappa shape index (κ1) is 9.81. The third-order valence-electron chi connectivity index (χ3n) is 2.70. The minimum atomic E-state index is -0.0348. The van der Waals surface area contributed by atoms with Gasteiger partial charge in [-0.15, -0.1) is 0 Å². The van der Waals surface area contributed by atoms with Crippen molar-refractivity contribution in [1.29, 1.82) is 0 Å². The molecule has 2 unspecified atom stereocenters. The Balaban J connectivity index is 2.48. The van der Waals surface area contributed by atoms with Crippen molar-refractivity contribution in [1.82, 2.24) is 0 Å². The van der Waals surface area contributed by atoms with Gasteiger partial charge in [0.05, 0.1) is 6.04 Å². The molecule has 2 rings (SSSR count). The quantitative estimate of drug-likeness (QED) is 0.776. The summed E-state index contributed by atoms with van der Waals surface area (Å²) in [6.07, 6.45) is 1.02. The van der Waals surface area contributed by atoms with Gasteiger partial charge in [0, 0.05) is 10.6 Å². The van der Waals surface area contributed by atoms with Gasteiger partial charge in [-0.1, -0.05) is 18.5 Å². The summed E-state index contributed by atoms with van der Waals surface area (Å²) in [6.45, 7) is 4.07. The molecule has 2 N–H and O–H groups in total. The Hall–Kier alpha value is -0.730. The fourth-order valence-corrected chi connectivity index (χ4v) is 2.21. The van der Waals surface area contributed by atoms with Gasteiger partial charge in [-0.25, -0.2) is 0 Å². The highest BCUT2D eigenvalue weighted by molar-refractivity contribution is 6.30. The minimum Gasteiger partial charge on any atom is -0.488 e. The first-order valence-corrected chi connectivity index (χ1v) is 5.23. The molecule has 0 spiro atoms. The number of nitrogens with two attached hydrogens (primary N) is 1. The SMILES string of the molecule is CCC1Oc2c(C)cc(Cl)cc2C1N. The maximum atomic E-state index is 6.06. The summed E-state index contributed by atoms with van der Waals surface area (Å²) in [7, 11) is 0. The molecule has 14 heavy (non-hydrogen) atoms. The second-order valence-electron chi connectivity index (χ2n) is 3.73. The van der Waals surface area contributed by atoms with Crippen LogP contribution in [-0.4, -0.2) is 6.10 Å². The zero-order valence-corrected chi connectivity index (χ0v) is 9.14. The van der Waals surface area contributed by atoms with Crippen molar-refractivity contribution in [2.75, 3.05) is 0 Å². The number of benzene rings is 1. The van der Waals surface area contributed by atoms with E-state index < -0.39 is 0 Å². The van der Waals surface area contributed by atoms with Crippen LogP contribution in [0.5, 0.6) is 5.75 Å². The van der Waals surface area contributed by atoms with Crippen LogP contribution >= 0.6 is 11.6 Å². The second kappa shape index (κ2) is 3.44. The van der Waals surface area contributed by atoms with E-state index >= 15 is 0 Å². The van der Waals surface area contributed by atoms with Crippen molar-refractivity contribution >= 4 is 11.6 Å². The molecule has 1 aliphatic rings. The van der Waals surface area contributed by atoms with Crippen molar-refractivity contribution < 1.29 is 4.74 Å². The molecule has 0 fully saturated rings. The fraction of sp³-hybridized carbons (Fsp3) is 0.455. The van der Waals surface area contributed by atoms with Gasteiger partial charge in [-0.3, -0.25) is 0 Å². The maximum Gasteiger partial charge on any atom is 0.127 e. The van der Waals surface area contributed by atoms with Crippen LogP contribution in [0.25, 0.3) is 0 Å². The molecule has 2 nitrogen and oxygen atoms in total. The lowest BCUT2D eigenvalue weighted by atomic mass is 10.0. The molecule has 0 saturated carbocycles. The van der Waals surface area contributed by atoms with Gasteiger partial charge in [0.25, 0.3) is 0 Å². The third kappa shape index (κ3) is 1.39. The summed E-state index contributed by atoms with van der Waals surface area (Å²) in [5, 5.41) is 0.733. The van der Waals surface area contributed by atoms with Crippen molar-refractivity contribution in [3.8, 4) is 5.75 Å². The van der Waals surface area contributed by atoms with E-state index in [2.05, 4.69) is 6.92 Å². The minimum absolute atomic E-state index is 0.0348. The Bertz CT molecular complexity index is 365. The Labute approximate surface area is 89.0 Å². The number of hydrogen-bond donors (Lipinski definition) is 1. The standard InChI is InChI=1S/C11H14ClNO/c1-3-9-10(13)8-5-7(12)4-6(2)11(8)14-9/h4-5,9-10H,3,13H2,1-2H3. The lowest BCUT2D eigenvalue weighted by Crippen LogP contribution is -2.24. The molecule has 1 heterocycles. The van der Waals surface area contributed by atoms with E-state index in [4.69, 9.17) is 22.1 Å². The Kier molecular flexibility index (Phi) is 2.41. The van der Waals surface area contributed by atoms with Gasteiger partial charge in [0.2, 0.25) is 0 Å². The fourth-order valence-electron chi connectivity index (χ4n) is 1.93. The summed E-state index contributed by atoms with van der Waals surface area (Å²) in [6, 6.07) is 3.78. The Morgan fingerprint density at radius 3 is 2.86 bits per heavy atom. The third-order valence-corrected chi connectivity index (χ3v) is 2.92. The van der Waals surface area contributed by atoms with Gasteiger partial charge in [-0.2, -0.15) is 0 Å². The molecule has 1 aliphatic heterocycles. The van der Waals surface area contributed by atoms with Gasteiger partial charge < -0.3 is 10.5 Å². The van der Waals surface area contributed by atoms with E-state index in [9.17, 15) is 0 Å². The Morgan fingerprint density at radius 1 is 1.50 bits per heavy atom. The van der Waals surface area contributed by atoms with Crippen molar-refractivity contribution in [2.45, 2.75) is 32.4 Å². The molecule has 0 aliphatic carbocycles. The predicted octanol–water partition coefficient (Wildman–Crippen LogP) is 2.82. The summed E-state index contributed by atoms with van der Waals surface area (Å²) < 4.78 is 5.77. The van der Waals surface area contributed by atoms with Crippen LogP contribution in [0, 0.1) is 6.92 Å². The Morgan fingerprint density at radius 2 is 2.21 bits per heavy atom. The first-order valence-electron chi connectivity index (χ1n) is 4.85. The van der Waals surface area contributed by atoms with E-state index in [1.807, 2.05) is 19.1 Å². The zero-order chi connectivity index (χ0) is 10.3. The van der Waals surface area contributed by atoms with Gasteiger partial charge in [0.15, 0.2) is 0 Å². The van der Waals surface area contributed by atoms with Gasteiger partial charge in [0.1, 0.15) is 11.9 Å². The van der Waals surface area contributed by atoms with Gasteiger partial charge in [-0.05, 0) is 31.0 Å². The molecule has 0 saturated heterocycles. The van der Waals surface area contributed by atoms with E-state index in [0.717, 1.165) is 28.3 Å². The number of hydrogen-bond acceptors (Lipinski definition) is 2. The molecular weight excluding hydrogens is 198 g/mol. The monoisotopic (exact) mass is 211 g/mol. The lowest BCUT2D eigenvalue weighted by molar-refractivity contribution is 0.201. The number of aryl methyl sites for hydroxylation is 1. The maximum absolute atomic E-state index is 6.06. The van der Waals surface area contributed by atoms with E-state index in [1.165, 1.54) is 0 Å². The summed E-state index contributed by atoms with van der Waals surface area (Å²) in [5.74, 6) is 0.925. The molecule has 0 amide bonds. The predicted molar refractivity (Wildman–Crippen MR) is 57.8 cm³/mol. The normalized spacial score (nSPS) is 24.6. The number of fused-ring (bicyclic) bond motifs is 1. The zero-order valence-electron chi connectivity index (χ0n) is 8.38. The molecule has 0 aromatic heterocycles. The smallest absolute Gasteiger partial charge is 0.127 e. The molecule has 0 radical (unpaired) electrons. The van der Waals surface area contributed by atoms with E-state index in [1.54, 1.807) is 0 Å². The summed E-state index contributed by atoms with van der Waals surface area (Å²) in [4.78, 5) is 0. The topological polar surface area (TPSA) is 35.2 Å². The molecular formula is C11H14ClNO. The lowest BCUT2D eigenvalue weighted by Gasteiger charge is -2.11. The average Bonchev–Trinajstić information content (AvgIpc) is 2.44. The molecule has 1 aromatic carbocycles. The highest BCUT2D eigenvalue weighted by Gasteiger charge is 2.31. The number of halogens is 1. The van der Waals surface area contributed by atoms with Crippen molar-refractivity contribution in [3.63, 3.8) is 0 Å². The van der Waals surface area contributed by atoms with Crippen LogP contribution in [-0.2, 0) is 0 Å². The second-order valence-corrected chi connectivity index (χ2v) is 4.17. The van der Waals surface area contributed by atoms with Crippen LogP contribution in [0.15, 0.2) is 12.1 Å². The largest absolute Gasteiger partial charge is 0.488 e. The summed E-state index contributed by atoms with van der Waals surface area (Å²) >= 11 is 5.97. The van der Waals surface area contributed by atoms with Crippen molar-refractivity contribution in [2.24, 2.45) is 5.73 Å². The number of ether oxygens (including phenoxy) is 1. The highest BCUT2D eigenvalue weighted by Crippen LogP contribution is 2.40. The highest BCUT2D eigenvalue weighted by atomic mass is 35.5. The molecule has 3 heteroatoms. The average molecular weight is 212 g/mol. The molecule has 0 bridgehead atoms. The molecule has 76 valence electrons.